The number of piperidine rings is 1. The lowest BCUT2D eigenvalue weighted by atomic mass is 9.96. The lowest BCUT2D eigenvalue weighted by Gasteiger charge is -2.45. The molecule has 2 aromatic carbocycles. The van der Waals surface area contributed by atoms with Crippen LogP contribution in [0.1, 0.15) is 33.6 Å². The molecular formula is C28H33N3O7. The Hall–Kier alpha value is -3.63. The second-order valence-corrected chi connectivity index (χ2v) is 9.61. The monoisotopic (exact) mass is 523 g/mol. The fourth-order valence-corrected chi connectivity index (χ4v) is 5.48. The summed E-state index contributed by atoms with van der Waals surface area (Å²) in [5.74, 6) is 0.524. The minimum absolute atomic E-state index is 0.123. The minimum atomic E-state index is -0.964. The molecule has 0 bridgehead atoms. The third-order valence-corrected chi connectivity index (χ3v) is 7.57. The van der Waals surface area contributed by atoms with E-state index in [-0.39, 0.29) is 24.3 Å². The second kappa shape index (κ2) is 11.0. The summed E-state index contributed by atoms with van der Waals surface area (Å²) >= 11 is 0. The van der Waals surface area contributed by atoms with Gasteiger partial charge in [0.05, 0.1) is 34.0 Å². The number of amides is 3. The molecule has 0 N–H and O–H groups in total. The van der Waals surface area contributed by atoms with Gasteiger partial charge >= 0.3 is 0 Å². The molecule has 2 aromatic rings. The molecule has 3 aliphatic heterocycles. The van der Waals surface area contributed by atoms with Crippen LogP contribution in [0.25, 0.3) is 0 Å². The van der Waals surface area contributed by atoms with E-state index in [2.05, 4.69) is 0 Å². The maximum atomic E-state index is 13.8. The van der Waals surface area contributed by atoms with Crippen molar-refractivity contribution in [3.63, 3.8) is 0 Å². The highest BCUT2D eigenvalue weighted by atomic mass is 16.5. The molecule has 0 unspecified atom stereocenters. The number of carbonyl (C=O) groups excluding carboxylic acids is 3. The number of ether oxygens (including phenoxy) is 4. The zero-order valence-corrected chi connectivity index (χ0v) is 21.8. The molecule has 1 atom stereocenters. The van der Waals surface area contributed by atoms with Gasteiger partial charge in [0.25, 0.3) is 11.8 Å². The summed E-state index contributed by atoms with van der Waals surface area (Å²) in [6.45, 7) is 2.81. The molecule has 202 valence electrons. The Morgan fingerprint density at radius 2 is 1.50 bits per heavy atom. The Morgan fingerprint density at radius 3 is 2.16 bits per heavy atom. The molecule has 3 fully saturated rings. The van der Waals surface area contributed by atoms with E-state index >= 15 is 0 Å². The smallest absolute Gasteiger partial charge is 0.256 e. The summed E-state index contributed by atoms with van der Waals surface area (Å²) in [4.78, 5) is 45.8. The van der Waals surface area contributed by atoms with Crippen LogP contribution < -0.4 is 9.47 Å². The van der Waals surface area contributed by atoms with E-state index in [0.29, 0.717) is 74.9 Å². The largest absolute Gasteiger partial charge is 0.493 e. The first-order valence-corrected chi connectivity index (χ1v) is 12.9. The molecular weight excluding hydrogens is 490 g/mol. The van der Waals surface area contributed by atoms with Crippen molar-refractivity contribution in [2.45, 2.75) is 24.6 Å². The van der Waals surface area contributed by atoms with Gasteiger partial charge < -0.3 is 28.7 Å². The Bertz CT molecular complexity index is 1170. The Balaban J connectivity index is 1.37. The van der Waals surface area contributed by atoms with Crippen LogP contribution in [0.5, 0.6) is 11.5 Å². The van der Waals surface area contributed by atoms with Crippen molar-refractivity contribution in [3.8, 4) is 11.5 Å². The third kappa shape index (κ3) is 4.81. The van der Waals surface area contributed by atoms with Crippen LogP contribution in [0, 0.1) is 0 Å². The molecule has 3 aliphatic rings. The van der Waals surface area contributed by atoms with E-state index in [9.17, 15) is 14.4 Å². The number of carbonyl (C=O) groups is 3. The molecule has 0 aliphatic carbocycles. The summed E-state index contributed by atoms with van der Waals surface area (Å²) in [7, 11) is 3.08. The van der Waals surface area contributed by atoms with E-state index in [4.69, 9.17) is 18.9 Å². The minimum Gasteiger partial charge on any atom is -0.493 e. The number of morpholine rings is 1. The highest BCUT2D eigenvalue weighted by Crippen LogP contribution is 2.39. The lowest BCUT2D eigenvalue weighted by Crippen LogP contribution is -2.60. The molecule has 0 aromatic heterocycles. The number of methoxy groups -OCH3 is 2. The Morgan fingerprint density at radius 1 is 0.816 bits per heavy atom. The quantitative estimate of drug-likeness (QED) is 0.592. The van der Waals surface area contributed by atoms with Crippen LogP contribution in [0.4, 0.5) is 0 Å². The molecule has 3 saturated heterocycles. The van der Waals surface area contributed by atoms with Crippen molar-refractivity contribution in [3.05, 3.63) is 59.7 Å². The maximum Gasteiger partial charge on any atom is 0.256 e. The Kier molecular flexibility index (Phi) is 7.53. The van der Waals surface area contributed by atoms with Crippen LogP contribution in [-0.4, -0.2) is 104 Å². The van der Waals surface area contributed by atoms with Crippen molar-refractivity contribution < 1.29 is 33.3 Å². The van der Waals surface area contributed by atoms with Crippen LogP contribution in [0.2, 0.25) is 0 Å². The molecule has 0 saturated carbocycles. The van der Waals surface area contributed by atoms with Crippen molar-refractivity contribution >= 4 is 17.7 Å². The molecule has 38 heavy (non-hydrogen) atoms. The van der Waals surface area contributed by atoms with Gasteiger partial charge in [-0.15, -0.1) is 0 Å². The van der Waals surface area contributed by atoms with Gasteiger partial charge in [-0.05, 0) is 30.3 Å². The number of hydrogen-bond donors (Lipinski definition) is 0. The number of hydrogen-bond acceptors (Lipinski definition) is 7. The summed E-state index contributed by atoms with van der Waals surface area (Å²) in [6.07, 6.45) is 0.801. The normalized spacial score (nSPS) is 20.9. The van der Waals surface area contributed by atoms with Gasteiger partial charge in [0, 0.05) is 50.1 Å². The van der Waals surface area contributed by atoms with Crippen molar-refractivity contribution in [1.82, 2.24) is 14.7 Å². The van der Waals surface area contributed by atoms with Crippen LogP contribution in [0.3, 0.4) is 0 Å². The molecule has 10 nitrogen and oxygen atoms in total. The van der Waals surface area contributed by atoms with Gasteiger partial charge in [-0.3, -0.25) is 19.3 Å². The zero-order valence-electron chi connectivity index (χ0n) is 21.8. The lowest BCUT2D eigenvalue weighted by molar-refractivity contribution is -0.141. The predicted molar refractivity (Wildman–Crippen MR) is 137 cm³/mol. The van der Waals surface area contributed by atoms with Gasteiger partial charge in [-0.2, -0.15) is 0 Å². The standard InChI is InChI=1S/C28H33N3O7/c1-35-23-9-8-21(18-24(23)36-2)25(32)29-12-10-28(11-13-29)31(26(33)20-6-4-3-5-7-20)22(19-38-28)27(34)30-14-16-37-17-15-30/h3-9,18,22H,10-17,19H2,1-2H3/t22-/m1/s1. The van der Waals surface area contributed by atoms with Crippen LogP contribution in [0.15, 0.2) is 48.5 Å². The van der Waals surface area contributed by atoms with Gasteiger partial charge in [-0.25, -0.2) is 0 Å². The SMILES string of the molecule is COc1ccc(C(=O)N2CCC3(CC2)OC[C@H](C(=O)N2CCOCC2)N3C(=O)c2ccccc2)cc1OC. The molecule has 0 radical (unpaired) electrons. The number of likely N-dealkylation sites (tertiary alicyclic amines) is 1. The first-order chi connectivity index (χ1) is 18.5. The topological polar surface area (TPSA) is 97.9 Å². The maximum absolute atomic E-state index is 13.8. The van der Waals surface area contributed by atoms with Crippen molar-refractivity contribution in [2.24, 2.45) is 0 Å². The summed E-state index contributed by atoms with van der Waals surface area (Å²) in [5.41, 5.74) is 0.0259. The summed E-state index contributed by atoms with van der Waals surface area (Å²) in [5, 5.41) is 0. The fourth-order valence-electron chi connectivity index (χ4n) is 5.48. The number of benzene rings is 2. The predicted octanol–water partition coefficient (Wildman–Crippen LogP) is 2.04. The first kappa shape index (κ1) is 26.0. The van der Waals surface area contributed by atoms with Gasteiger partial charge in [0.15, 0.2) is 11.5 Å². The van der Waals surface area contributed by atoms with E-state index in [1.807, 2.05) is 6.07 Å². The van der Waals surface area contributed by atoms with Gasteiger partial charge in [0.1, 0.15) is 11.8 Å². The van der Waals surface area contributed by atoms with Crippen LogP contribution in [-0.2, 0) is 14.3 Å². The van der Waals surface area contributed by atoms with E-state index in [1.54, 1.807) is 64.3 Å². The van der Waals surface area contributed by atoms with Crippen molar-refractivity contribution in [1.29, 1.82) is 0 Å². The highest BCUT2D eigenvalue weighted by molar-refractivity contribution is 5.98. The third-order valence-electron chi connectivity index (χ3n) is 7.57. The zero-order chi connectivity index (χ0) is 26.7. The van der Waals surface area contributed by atoms with Gasteiger partial charge in [-0.1, -0.05) is 18.2 Å². The number of nitrogens with zero attached hydrogens (tertiary/aromatic N) is 3. The Labute approximate surface area is 222 Å². The first-order valence-electron chi connectivity index (χ1n) is 12.9. The molecule has 5 rings (SSSR count). The van der Waals surface area contributed by atoms with Crippen LogP contribution >= 0.6 is 0 Å². The second-order valence-electron chi connectivity index (χ2n) is 9.61. The van der Waals surface area contributed by atoms with E-state index in [1.165, 1.54) is 7.11 Å². The van der Waals surface area contributed by atoms with Gasteiger partial charge in [0.2, 0.25) is 5.91 Å². The summed E-state index contributed by atoms with van der Waals surface area (Å²) < 4.78 is 22.4. The van der Waals surface area contributed by atoms with E-state index < -0.39 is 11.8 Å². The fraction of sp³-hybridized carbons (Fsp3) is 0.464. The molecule has 1 spiro atoms. The van der Waals surface area contributed by atoms with E-state index in [0.717, 1.165) is 0 Å². The van der Waals surface area contributed by atoms with Crippen molar-refractivity contribution in [2.75, 3.05) is 60.2 Å². The number of rotatable bonds is 5. The highest BCUT2D eigenvalue weighted by Gasteiger charge is 2.55. The molecule has 10 heteroatoms. The average Bonchev–Trinajstić information content (AvgIpc) is 3.35. The molecule has 3 heterocycles. The summed E-state index contributed by atoms with van der Waals surface area (Å²) in [6, 6.07) is 13.3. The molecule has 3 amide bonds. The average molecular weight is 524 g/mol.